The summed E-state index contributed by atoms with van der Waals surface area (Å²) in [7, 11) is 0. The molecule has 0 aromatic carbocycles. The van der Waals surface area contributed by atoms with E-state index in [9.17, 15) is 20.4 Å². The average molecular weight is 476 g/mol. The third kappa shape index (κ3) is 0.750. The van der Waals surface area contributed by atoms with Gasteiger partial charge in [0.25, 0.3) is 0 Å². The topological polar surface area (TPSA) is 80.9 Å². The molecule has 100 valence electrons. The Morgan fingerprint density at radius 2 is 0.778 bits per heavy atom. The maximum atomic E-state index is 10.3. The highest BCUT2D eigenvalue weighted by molar-refractivity contribution is 14.1. The van der Waals surface area contributed by atoms with Gasteiger partial charge in [-0.1, -0.05) is 45.2 Å². The molecule has 6 rings (SSSR count). The van der Waals surface area contributed by atoms with Crippen LogP contribution in [0, 0.1) is 35.5 Å². The second-order valence-electron chi connectivity index (χ2n) is 6.76. The smallest absolute Gasteiger partial charge is 0.0846 e. The van der Waals surface area contributed by atoms with E-state index in [0.717, 1.165) is 0 Å². The van der Waals surface area contributed by atoms with E-state index < -0.39 is 24.4 Å². The zero-order valence-electron chi connectivity index (χ0n) is 9.32. The summed E-state index contributed by atoms with van der Waals surface area (Å²) in [6, 6.07) is 0. The standard InChI is InChI=1S/C12H14I2O4/c13-11-3-1-2-5(11)9(17)10(18)6(2)12(11,14)4(1)8(16)7(3)15/h1-10,15-18H/t1?,2?,3-,4+,5+,6-,7+,8-,9-,10+,11?,12?. The van der Waals surface area contributed by atoms with Gasteiger partial charge in [0.05, 0.1) is 24.4 Å². The Balaban J connectivity index is 1.78. The molecule has 8 bridgehead atoms. The second kappa shape index (κ2) is 2.92. The van der Waals surface area contributed by atoms with Gasteiger partial charge in [-0.25, -0.2) is 0 Å². The molecule has 4 unspecified atom stereocenters. The highest BCUT2D eigenvalue weighted by Gasteiger charge is 2.95. The predicted octanol–water partition coefficient (Wildman–Crippen LogP) is -0.457. The fourth-order valence-corrected chi connectivity index (χ4v) is 11.3. The normalized spacial score (nSPS) is 82.3. The number of hydrogen-bond donors (Lipinski definition) is 4. The third-order valence-electron chi connectivity index (χ3n) is 6.80. The van der Waals surface area contributed by atoms with Crippen molar-refractivity contribution in [2.45, 2.75) is 31.3 Å². The molecule has 4 N–H and O–H groups in total. The molecule has 0 radical (unpaired) electrons. The summed E-state index contributed by atoms with van der Waals surface area (Å²) < 4.78 is -0.291. The van der Waals surface area contributed by atoms with E-state index in [1.54, 1.807) is 0 Å². The Morgan fingerprint density at radius 3 is 1.00 bits per heavy atom. The zero-order valence-corrected chi connectivity index (χ0v) is 13.6. The second-order valence-corrected chi connectivity index (χ2v) is 10.3. The SMILES string of the molecule is O[C@@H]1[C@H](O)[C@@H]2C3C4[C@@H]5[C@H](O)[C@H](O)[C@H]4C(I)([C@H]31)C52I. The first-order valence-electron chi connectivity index (χ1n) is 6.48. The molecule has 6 fully saturated rings. The summed E-state index contributed by atoms with van der Waals surface area (Å²) in [6.45, 7) is 0. The lowest BCUT2D eigenvalue weighted by atomic mass is 9.67. The average Bonchev–Trinajstić information content (AvgIpc) is 2.97. The van der Waals surface area contributed by atoms with E-state index in [1.165, 1.54) is 0 Å². The van der Waals surface area contributed by atoms with Gasteiger partial charge in [-0.3, -0.25) is 0 Å². The van der Waals surface area contributed by atoms with Crippen LogP contribution in [0.2, 0.25) is 0 Å². The molecular weight excluding hydrogens is 462 g/mol. The number of alkyl halides is 2. The van der Waals surface area contributed by atoms with Gasteiger partial charge < -0.3 is 20.4 Å². The summed E-state index contributed by atoms with van der Waals surface area (Å²) >= 11 is 4.88. The van der Waals surface area contributed by atoms with E-state index in [1.807, 2.05) is 0 Å². The van der Waals surface area contributed by atoms with Gasteiger partial charge in [0.15, 0.2) is 0 Å². The van der Waals surface area contributed by atoms with Gasteiger partial charge in [-0.05, 0) is 11.8 Å². The van der Waals surface area contributed by atoms with Gasteiger partial charge in [0.2, 0.25) is 0 Å². The monoisotopic (exact) mass is 476 g/mol. The molecule has 18 heavy (non-hydrogen) atoms. The van der Waals surface area contributed by atoms with Crippen molar-refractivity contribution in [3.8, 4) is 0 Å². The molecule has 6 aliphatic rings. The van der Waals surface area contributed by atoms with Gasteiger partial charge in [0.1, 0.15) is 0 Å². The molecule has 12 atom stereocenters. The highest BCUT2D eigenvalue weighted by atomic mass is 127. The Bertz CT molecular complexity index is 397. The number of halogens is 2. The van der Waals surface area contributed by atoms with Crippen LogP contribution in [0.25, 0.3) is 0 Å². The highest BCUT2D eigenvalue weighted by Crippen LogP contribution is 2.89. The quantitative estimate of drug-likeness (QED) is 0.282. The van der Waals surface area contributed by atoms with Crippen molar-refractivity contribution in [3.05, 3.63) is 0 Å². The van der Waals surface area contributed by atoms with Crippen LogP contribution in [0.3, 0.4) is 0 Å². The van der Waals surface area contributed by atoms with Crippen LogP contribution in [0.4, 0.5) is 0 Å². The lowest BCUT2D eigenvalue weighted by molar-refractivity contribution is -0.0883. The first kappa shape index (κ1) is 11.9. The van der Waals surface area contributed by atoms with Crippen LogP contribution >= 0.6 is 45.2 Å². The molecule has 0 spiro atoms. The summed E-state index contributed by atoms with van der Waals surface area (Å²) in [5.41, 5.74) is 0. The maximum Gasteiger partial charge on any atom is 0.0846 e. The van der Waals surface area contributed by atoms with Crippen molar-refractivity contribution < 1.29 is 20.4 Å². The van der Waals surface area contributed by atoms with Crippen molar-refractivity contribution in [1.82, 2.24) is 0 Å². The fourth-order valence-electron chi connectivity index (χ4n) is 6.75. The molecule has 6 saturated carbocycles. The first-order chi connectivity index (χ1) is 8.38. The Hall–Kier alpha value is 1.30. The van der Waals surface area contributed by atoms with Gasteiger partial charge in [0, 0.05) is 30.5 Å². The molecule has 4 nitrogen and oxygen atoms in total. The van der Waals surface area contributed by atoms with Crippen LogP contribution < -0.4 is 0 Å². The lowest BCUT2D eigenvalue weighted by Gasteiger charge is -2.54. The molecule has 6 aliphatic carbocycles. The van der Waals surface area contributed by atoms with Gasteiger partial charge in [-0.15, -0.1) is 0 Å². The van der Waals surface area contributed by atoms with Gasteiger partial charge in [-0.2, -0.15) is 0 Å². The van der Waals surface area contributed by atoms with Crippen molar-refractivity contribution in [1.29, 1.82) is 0 Å². The minimum Gasteiger partial charge on any atom is -0.390 e. The van der Waals surface area contributed by atoms with Crippen molar-refractivity contribution in [3.63, 3.8) is 0 Å². The predicted molar refractivity (Wildman–Crippen MR) is 78.5 cm³/mol. The lowest BCUT2D eigenvalue weighted by Crippen LogP contribution is -2.66. The molecule has 0 amide bonds. The summed E-state index contributed by atoms with van der Waals surface area (Å²) in [5, 5.41) is 41.1. The van der Waals surface area contributed by atoms with Crippen LogP contribution in [-0.4, -0.2) is 51.7 Å². The van der Waals surface area contributed by atoms with E-state index >= 15 is 0 Å². The minimum atomic E-state index is -0.643. The summed E-state index contributed by atoms with van der Waals surface area (Å²) in [5.74, 6) is 0.995. The van der Waals surface area contributed by atoms with E-state index in [0.29, 0.717) is 11.8 Å². The third-order valence-corrected chi connectivity index (χ3v) is 12.5. The number of rotatable bonds is 0. The van der Waals surface area contributed by atoms with Crippen LogP contribution in [-0.2, 0) is 0 Å². The summed E-state index contributed by atoms with van der Waals surface area (Å²) in [6.07, 6.45) is -2.57. The van der Waals surface area contributed by atoms with E-state index in [4.69, 9.17) is 0 Å². The first-order valence-corrected chi connectivity index (χ1v) is 8.64. The van der Waals surface area contributed by atoms with Crippen molar-refractivity contribution in [2.75, 3.05) is 0 Å². The van der Waals surface area contributed by atoms with E-state index in [2.05, 4.69) is 45.2 Å². The Morgan fingerprint density at radius 1 is 0.556 bits per heavy atom. The van der Waals surface area contributed by atoms with Crippen molar-refractivity contribution >= 4 is 45.2 Å². The molecule has 0 aromatic heterocycles. The molecule has 0 aromatic rings. The molecule has 0 saturated heterocycles. The van der Waals surface area contributed by atoms with Crippen LogP contribution in [0.15, 0.2) is 0 Å². The Kier molecular flexibility index (Phi) is 1.93. The largest absolute Gasteiger partial charge is 0.390 e. The fraction of sp³-hybridized carbons (Fsp3) is 1.00. The van der Waals surface area contributed by atoms with Gasteiger partial charge >= 0.3 is 0 Å². The molecule has 0 heterocycles. The molecule has 6 heteroatoms. The number of aliphatic hydroxyl groups excluding tert-OH is 4. The van der Waals surface area contributed by atoms with E-state index in [-0.39, 0.29) is 30.5 Å². The van der Waals surface area contributed by atoms with Crippen LogP contribution in [0.1, 0.15) is 0 Å². The number of aliphatic hydroxyl groups is 4. The van der Waals surface area contributed by atoms with Crippen molar-refractivity contribution in [2.24, 2.45) is 35.5 Å². The zero-order chi connectivity index (χ0) is 12.8. The minimum absolute atomic E-state index is 0.100. The molecule has 0 aliphatic heterocycles. The number of hydrogen-bond acceptors (Lipinski definition) is 4. The molecular formula is C12H14I2O4. The Labute approximate surface area is 131 Å². The summed E-state index contributed by atoms with van der Waals surface area (Å²) in [4.78, 5) is 0. The van der Waals surface area contributed by atoms with Crippen LogP contribution in [0.5, 0.6) is 0 Å². The maximum absolute atomic E-state index is 10.3.